The van der Waals surface area contributed by atoms with Crippen LogP contribution in [0.2, 0.25) is 10.0 Å². The van der Waals surface area contributed by atoms with Crippen molar-refractivity contribution in [2.24, 2.45) is 5.73 Å². The maximum absolute atomic E-state index is 7.35. The predicted octanol–water partition coefficient (Wildman–Crippen LogP) is 3.99. The van der Waals surface area contributed by atoms with E-state index in [9.17, 15) is 0 Å². The third-order valence-corrected chi connectivity index (χ3v) is 3.56. The summed E-state index contributed by atoms with van der Waals surface area (Å²) in [5.41, 5.74) is 7.79. The van der Waals surface area contributed by atoms with Crippen molar-refractivity contribution in [3.8, 4) is 0 Å². The largest absolute Gasteiger partial charge is 0.384 e. The van der Waals surface area contributed by atoms with Crippen molar-refractivity contribution in [2.75, 3.05) is 0 Å². The van der Waals surface area contributed by atoms with E-state index in [1.807, 2.05) is 30.3 Å². The normalized spacial score (nSPS) is 10.5. The van der Waals surface area contributed by atoms with Gasteiger partial charge in [0, 0.05) is 15.6 Å². The van der Waals surface area contributed by atoms with Crippen LogP contribution in [0.5, 0.6) is 0 Å². The van der Waals surface area contributed by atoms with Gasteiger partial charge in [-0.2, -0.15) is 0 Å². The molecule has 0 aliphatic rings. The lowest BCUT2D eigenvalue weighted by atomic mass is 10.1. The van der Waals surface area contributed by atoms with Crippen molar-refractivity contribution in [1.29, 1.82) is 5.41 Å². The average molecular weight is 309 g/mol. The molecule has 0 unspecified atom stereocenters. The van der Waals surface area contributed by atoms with Crippen LogP contribution in [0.3, 0.4) is 0 Å². The van der Waals surface area contributed by atoms with Crippen LogP contribution in [0.15, 0.2) is 42.5 Å². The molecule has 2 aromatic rings. The number of benzene rings is 2. The molecule has 0 saturated heterocycles. The SMILES string of the molecule is N=C(N)c1ccc(COCc2ccccc2Cl)c(Cl)c1. The first kappa shape index (κ1) is 14.9. The first-order valence-corrected chi connectivity index (χ1v) is 6.77. The summed E-state index contributed by atoms with van der Waals surface area (Å²) in [7, 11) is 0. The highest BCUT2D eigenvalue weighted by Crippen LogP contribution is 2.20. The lowest BCUT2D eigenvalue weighted by Crippen LogP contribution is -2.11. The molecule has 0 aliphatic carbocycles. The highest BCUT2D eigenvalue weighted by atomic mass is 35.5. The molecule has 0 bridgehead atoms. The molecule has 2 aromatic carbocycles. The van der Waals surface area contributed by atoms with E-state index >= 15 is 0 Å². The number of hydrogen-bond acceptors (Lipinski definition) is 2. The van der Waals surface area contributed by atoms with Crippen LogP contribution in [0.25, 0.3) is 0 Å². The molecule has 3 N–H and O–H groups in total. The van der Waals surface area contributed by atoms with E-state index in [2.05, 4.69) is 0 Å². The molecule has 3 nitrogen and oxygen atoms in total. The first-order valence-electron chi connectivity index (χ1n) is 6.02. The molecule has 0 amide bonds. The molecule has 0 fully saturated rings. The van der Waals surface area contributed by atoms with E-state index in [0.29, 0.717) is 28.8 Å². The zero-order chi connectivity index (χ0) is 14.5. The quantitative estimate of drug-likeness (QED) is 0.648. The number of ether oxygens (including phenoxy) is 1. The van der Waals surface area contributed by atoms with Crippen molar-refractivity contribution in [3.63, 3.8) is 0 Å². The van der Waals surface area contributed by atoms with E-state index in [-0.39, 0.29) is 5.84 Å². The van der Waals surface area contributed by atoms with Crippen LogP contribution < -0.4 is 5.73 Å². The summed E-state index contributed by atoms with van der Waals surface area (Å²) in [5.74, 6) is -0.00423. The fourth-order valence-corrected chi connectivity index (χ4v) is 2.14. The van der Waals surface area contributed by atoms with Gasteiger partial charge in [-0.15, -0.1) is 0 Å². The molecule has 0 radical (unpaired) electrons. The highest BCUT2D eigenvalue weighted by Gasteiger charge is 2.05. The second kappa shape index (κ2) is 6.75. The van der Waals surface area contributed by atoms with Crippen molar-refractivity contribution >= 4 is 29.0 Å². The zero-order valence-electron chi connectivity index (χ0n) is 10.7. The van der Waals surface area contributed by atoms with Gasteiger partial charge in [0.25, 0.3) is 0 Å². The van der Waals surface area contributed by atoms with Gasteiger partial charge < -0.3 is 10.5 Å². The lowest BCUT2D eigenvalue weighted by molar-refractivity contribution is 0.107. The van der Waals surface area contributed by atoms with E-state index in [1.54, 1.807) is 12.1 Å². The zero-order valence-corrected chi connectivity index (χ0v) is 12.2. The summed E-state index contributed by atoms with van der Waals surface area (Å²) in [6, 6.07) is 12.8. The van der Waals surface area contributed by atoms with Crippen LogP contribution in [-0.4, -0.2) is 5.84 Å². The number of nitrogens with one attached hydrogen (secondary N) is 1. The number of rotatable bonds is 5. The van der Waals surface area contributed by atoms with Crippen LogP contribution in [0, 0.1) is 5.41 Å². The fourth-order valence-electron chi connectivity index (χ4n) is 1.72. The second-order valence-corrected chi connectivity index (χ2v) is 5.12. The molecule has 0 spiro atoms. The molecule has 0 aromatic heterocycles. The van der Waals surface area contributed by atoms with Gasteiger partial charge in [-0.25, -0.2) is 0 Å². The summed E-state index contributed by atoms with van der Waals surface area (Å²) in [4.78, 5) is 0. The number of nitrogen functional groups attached to an aromatic ring is 1. The Morgan fingerprint density at radius 2 is 1.65 bits per heavy atom. The Balaban J connectivity index is 1.98. The average Bonchev–Trinajstić information content (AvgIpc) is 2.42. The third-order valence-electron chi connectivity index (χ3n) is 2.84. The van der Waals surface area contributed by atoms with Gasteiger partial charge in [0.1, 0.15) is 5.84 Å². The predicted molar refractivity (Wildman–Crippen MR) is 82.4 cm³/mol. The topological polar surface area (TPSA) is 59.1 Å². The molecule has 5 heteroatoms. The Morgan fingerprint density at radius 1 is 1.00 bits per heavy atom. The van der Waals surface area contributed by atoms with Gasteiger partial charge in [-0.3, -0.25) is 5.41 Å². The Labute approximate surface area is 127 Å². The van der Waals surface area contributed by atoms with Crippen molar-refractivity contribution in [1.82, 2.24) is 0 Å². The smallest absolute Gasteiger partial charge is 0.122 e. The summed E-state index contributed by atoms with van der Waals surface area (Å²) >= 11 is 12.2. The summed E-state index contributed by atoms with van der Waals surface area (Å²) in [5, 5.41) is 8.57. The van der Waals surface area contributed by atoms with E-state index in [4.69, 9.17) is 39.1 Å². The van der Waals surface area contributed by atoms with Gasteiger partial charge in [-0.05, 0) is 23.3 Å². The molecule has 0 aliphatic heterocycles. The van der Waals surface area contributed by atoms with Crippen molar-refractivity contribution < 1.29 is 4.74 Å². The Bertz CT molecular complexity index is 629. The molecule has 0 saturated carbocycles. The van der Waals surface area contributed by atoms with Crippen LogP contribution in [0.1, 0.15) is 16.7 Å². The monoisotopic (exact) mass is 308 g/mol. The lowest BCUT2D eigenvalue weighted by Gasteiger charge is -2.09. The Hall–Kier alpha value is -1.55. The van der Waals surface area contributed by atoms with Crippen molar-refractivity contribution in [2.45, 2.75) is 13.2 Å². The second-order valence-electron chi connectivity index (χ2n) is 4.30. The molecule has 104 valence electrons. The minimum absolute atomic E-state index is 0.00423. The Kier molecular flexibility index (Phi) is 5.01. The number of amidine groups is 1. The standard InChI is InChI=1S/C15H14Cl2N2O/c16-13-4-2-1-3-11(13)8-20-9-12-6-5-10(15(18)19)7-14(12)17/h1-7H,8-9H2,(H3,18,19). The van der Waals surface area contributed by atoms with Gasteiger partial charge >= 0.3 is 0 Å². The molecule has 0 atom stereocenters. The van der Waals surface area contributed by atoms with E-state index in [0.717, 1.165) is 11.1 Å². The number of hydrogen-bond donors (Lipinski definition) is 2. The molecule has 2 rings (SSSR count). The highest BCUT2D eigenvalue weighted by molar-refractivity contribution is 6.32. The molecular formula is C15H14Cl2N2O. The number of nitrogens with two attached hydrogens (primary N) is 1. The Morgan fingerprint density at radius 3 is 2.25 bits per heavy atom. The van der Waals surface area contributed by atoms with Crippen LogP contribution in [-0.2, 0) is 18.0 Å². The third kappa shape index (κ3) is 3.73. The minimum atomic E-state index is -0.00423. The van der Waals surface area contributed by atoms with Gasteiger partial charge in [-0.1, -0.05) is 53.5 Å². The molecule has 0 heterocycles. The van der Waals surface area contributed by atoms with Gasteiger partial charge in [0.15, 0.2) is 0 Å². The van der Waals surface area contributed by atoms with E-state index < -0.39 is 0 Å². The summed E-state index contributed by atoms with van der Waals surface area (Å²) in [6.45, 7) is 0.798. The summed E-state index contributed by atoms with van der Waals surface area (Å²) in [6.07, 6.45) is 0. The summed E-state index contributed by atoms with van der Waals surface area (Å²) < 4.78 is 5.61. The molecular weight excluding hydrogens is 295 g/mol. The van der Waals surface area contributed by atoms with Gasteiger partial charge in [0.05, 0.1) is 13.2 Å². The van der Waals surface area contributed by atoms with Gasteiger partial charge in [0.2, 0.25) is 0 Å². The maximum atomic E-state index is 7.35. The number of halogens is 2. The molecule has 20 heavy (non-hydrogen) atoms. The van der Waals surface area contributed by atoms with Crippen molar-refractivity contribution in [3.05, 3.63) is 69.2 Å². The van der Waals surface area contributed by atoms with Crippen LogP contribution in [0.4, 0.5) is 0 Å². The fraction of sp³-hybridized carbons (Fsp3) is 0.133. The minimum Gasteiger partial charge on any atom is -0.384 e. The first-order chi connectivity index (χ1) is 9.58. The maximum Gasteiger partial charge on any atom is 0.122 e. The van der Waals surface area contributed by atoms with Crippen LogP contribution >= 0.6 is 23.2 Å². The van der Waals surface area contributed by atoms with E-state index in [1.165, 1.54) is 0 Å².